The van der Waals surface area contributed by atoms with Crippen molar-refractivity contribution >= 4 is 39.0 Å². The Morgan fingerprint density at radius 3 is 2.79 bits per heavy atom. The lowest BCUT2D eigenvalue weighted by Crippen LogP contribution is -2.26. The molecular formula is C15H14ClNOS. The highest BCUT2D eigenvalue weighted by atomic mass is 35.5. The highest BCUT2D eigenvalue weighted by Crippen LogP contribution is 2.28. The molecule has 0 radical (unpaired) electrons. The minimum atomic E-state index is 0.155. The van der Waals surface area contributed by atoms with E-state index in [2.05, 4.69) is 18.2 Å². The summed E-state index contributed by atoms with van der Waals surface area (Å²) in [6.45, 7) is 1.64. The number of hydrogen-bond acceptors (Lipinski definition) is 2. The van der Waals surface area contributed by atoms with Gasteiger partial charge in [-0.1, -0.05) is 48.0 Å². The minimum Gasteiger partial charge on any atom is -0.488 e. The molecule has 0 aromatic heterocycles. The third-order valence-electron chi connectivity index (χ3n) is 3.44. The first-order valence-corrected chi connectivity index (χ1v) is 7.11. The lowest BCUT2D eigenvalue weighted by atomic mass is 10.1. The first kappa shape index (κ1) is 12.7. The van der Waals surface area contributed by atoms with E-state index in [9.17, 15) is 0 Å². The highest BCUT2D eigenvalue weighted by Gasteiger charge is 2.25. The lowest BCUT2D eigenvalue weighted by Gasteiger charge is -2.17. The normalized spacial score (nSPS) is 18.8. The van der Waals surface area contributed by atoms with Crippen molar-refractivity contribution in [3.05, 3.63) is 42.5 Å². The number of thiocarbonyl (C=S) groups is 1. The summed E-state index contributed by atoms with van der Waals surface area (Å²) in [7, 11) is 0. The number of likely N-dealkylation sites (tertiary alicyclic amines) is 1. The fourth-order valence-electron chi connectivity index (χ4n) is 2.46. The van der Waals surface area contributed by atoms with Crippen LogP contribution in [-0.4, -0.2) is 28.5 Å². The van der Waals surface area contributed by atoms with Gasteiger partial charge in [-0.05, 0) is 23.7 Å². The lowest BCUT2D eigenvalue weighted by molar-refractivity contribution is 0.218. The smallest absolute Gasteiger partial charge is 0.170 e. The molecule has 0 bridgehead atoms. The van der Waals surface area contributed by atoms with Gasteiger partial charge >= 0.3 is 0 Å². The molecule has 3 rings (SSSR count). The number of nitrogens with zero attached hydrogens (tertiary/aromatic N) is 1. The van der Waals surface area contributed by atoms with E-state index in [-0.39, 0.29) is 6.10 Å². The van der Waals surface area contributed by atoms with Crippen molar-refractivity contribution in [1.82, 2.24) is 4.90 Å². The van der Waals surface area contributed by atoms with Gasteiger partial charge in [-0.3, -0.25) is 0 Å². The molecule has 1 aliphatic rings. The average Bonchev–Trinajstić information content (AvgIpc) is 2.88. The molecule has 0 saturated carbocycles. The second-order valence-electron chi connectivity index (χ2n) is 4.70. The summed E-state index contributed by atoms with van der Waals surface area (Å²) in [6, 6.07) is 14.4. The maximum absolute atomic E-state index is 6.11. The van der Waals surface area contributed by atoms with Crippen LogP contribution in [0.4, 0.5) is 0 Å². The zero-order chi connectivity index (χ0) is 13.2. The van der Waals surface area contributed by atoms with Gasteiger partial charge in [-0.2, -0.15) is 0 Å². The van der Waals surface area contributed by atoms with Crippen LogP contribution in [0.15, 0.2) is 42.5 Å². The summed E-state index contributed by atoms with van der Waals surface area (Å²) < 4.78 is 6.54. The molecule has 2 aromatic rings. The predicted molar refractivity (Wildman–Crippen MR) is 83.0 cm³/mol. The molecule has 1 heterocycles. The zero-order valence-electron chi connectivity index (χ0n) is 10.4. The molecule has 1 fully saturated rings. The van der Waals surface area contributed by atoms with Crippen LogP contribution in [0.25, 0.3) is 10.8 Å². The van der Waals surface area contributed by atoms with Crippen molar-refractivity contribution in [3.63, 3.8) is 0 Å². The summed E-state index contributed by atoms with van der Waals surface area (Å²) >= 11 is 10.8. The number of halogens is 1. The Kier molecular flexibility index (Phi) is 3.58. The average molecular weight is 292 g/mol. The molecular weight excluding hydrogens is 278 g/mol. The summed E-state index contributed by atoms with van der Waals surface area (Å²) in [6.07, 6.45) is 1.11. The van der Waals surface area contributed by atoms with Gasteiger partial charge in [0.25, 0.3) is 0 Å². The zero-order valence-corrected chi connectivity index (χ0v) is 12.0. The first-order valence-electron chi connectivity index (χ1n) is 6.33. The molecule has 2 aromatic carbocycles. The van der Waals surface area contributed by atoms with Gasteiger partial charge in [0.1, 0.15) is 11.9 Å². The van der Waals surface area contributed by atoms with E-state index in [1.165, 1.54) is 5.39 Å². The molecule has 1 saturated heterocycles. The van der Waals surface area contributed by atoms with Crippen LogP contribution >= 0.6 is 23.8 Å². The van der Waals surface area contributed by atoms with Crippen molar-refractivity contribution < 1.29 is 4.74 Å². The molecule has 19 heavy (non-hydrogen) atoms. The predicted octanol–water partition coefficient (Wildman–Crippen LogP) is 3.82. The Morgan fingerprint density at radius 1 is 1.21 bits per heavy atom. The topological polar surface area (TPSA) is 12.5 Å². The molecule has 2 nitrogen and oxygen atoms in total. The van der Waals surface area contributed by atoms with Crippen molar-refractivity contribution in [1.29, 1.82) is 0 Å². The maximum atomic E-state index is 6.11. The fourth-order valence-corrected chi connectivity index (χ4v) is 2.78. The second-order valence-corrected chi connectivity index (χ2v) is 5.67. The quantitative estimate of drug-likeness (QED) is 0.474. The molecule has 1 unspecified atom stereocenters. The molecule has 0 N–H and O–H groups in total. The van der Waals surface area contributed by atoms with Gasteiger partial charge in [0.15, 0.2) is 4.45 Å². The molecule has 1 atom stereocenters. The first-order chi connectivity index (χ1) is 9.24. The van der Waals surface area contributed by atoms with Gasteiger partial charge in [0.05, 0.1) is 6.54 Å². The third-order valence-corrected chi connectivity index (χ3v) is 3.93. The highest BCUT2D eigenvalue weighted by molar-refractivity contribution is 7.83. The van der Waals surface area contributed by atoms with Crippen molar-refractivity contribution in [2.24, 2.45) is 0 Å². The Balaban J connectivity index is 1.81. The summed E-state index contributed by atoms with van der Waals surface area (Å²) in [5.41, 5.74) is 0. The molecule has 0 amide bonds. The van der Waals surface area contributed by atoms with Crippen LogP contribution in [0.5, 0.6) is 5.75 Å². The van der Waals surface area contributed by atoms with E-state index >= 15 is 0 Å². The largest absolute Gasteiger partial charge is 0.488 e. The van der Waals surface area contributed by atoms with E-state index in [4.69, 9.17) is 28.6 Å². The Labute approximate surface area is 122 Å². The van der Waals surface area contributed by atoms with Crippen LogP contribution in [0.2, 0.25) is 0 Å². The third kappa shape index (κ3) is 2.67. The fraction of sp³-hybridized carbons (Fsp3) is 0.267. The van der Waals surface area contributed by atoms with Crippen molar-refractivity contribution in [2.45, 2.75) is 12.5 Å². The Bertz CT molecular complexity index is 611. The van der Waals surface area contributed by atoms with Crippen LogP contribution in [-0.2, 0) is 0 Å². The standard InChI is InChI=1S/C15H14ClNOS/c16-15(19)17-9-8-12(10-17)18-14-7-3-5-11-4-1-2-6-13(11)14/h1-7,12H,8-10H2. The number of hydrogen-bond donors (Lipinski definition) is 0. The molecule has 0 aliphatic carbocycles. The molecule has 0 spiro atoms. The summed E-state index contributed by atoms with van der Waals surface area (Å²) in [4.78, 5) is 1.98. The molecule has 4 heteroatoms. The van der Waals surface area contributed by atoms with Gasteiger partial charge in [-0.25, -0.2) is 0 Å². The molecule has 98 valence electrons. The SMILES string of the molecule is S=C(Cl)N1CCC(Oc2cccc3ccccc23)C1. The van der Waals surface area contributed by atoms with Crippen LogP contribution in [0.1, 0.15) is 6.42 Å². The summed E-state index contributed by atoms with van der Waals surface area (Å²) in [5, 5.41) is 2.35. The molecule has 1 aliphatic heterocycles. The van der Waals surface area contributed by atoms with Gasteiger partial charge in [0.2, 0.25) is 0 Å². The van der Waals surface area contributed by atoms with Gasteiger partial charge < -0.3 is 9.64 Å². The van der Waals surface area contributed by atoms with Crippen molar-refractivity contribution in [3.8, 4) is 5.75 Å². The summed E-state index contributed by atoms with van der Waals surface area (Å²) in [5.74, 6) is 0.936. The van der Waals surface area contributed by atoms with E-state index in [0.29, 0.717) is 4.45 Å². The number of benzene rings is 2. The van der Waals surface area contributed by atoms with Gasteiger partial charge in [0, 0.05) is 18.4 Å². The number of rotatable bonds is 2. The second kappa shape index (κ2) is 5.35. The van der Waals surface area contributed by atoms with Crippen LogP contribution in [0, 0.1) is 0 Å². The van der Waals surface area contributed by atoms with E-state index in [1.807, 2.05) is 29.2 Å². The van der Waals surface area contributed by atoms with Gasteiger partial charge in [-0.15, -0.1) is 0 Å². The number of fused-ring (bicyclic) bond motifs is 1. The monoisotopic (exact) mass is 291 g/mol. The van der Waals surface area contributed by atoms with Crippen LogP contribution < -0.4 is 4.74 Å². The van der Waals surface area contributed by atoms with Crippen LogP contribution in [0.3, 0.4) is 0 Å². The minimum absolute atomic E-state index is 0.155. The van der Waals surface area contributed by atoms with Crippen molar-refractivity contribution in [2.75, 3.05) is 13.1 Å². The number of ether oxygens (including phenoxy) is 1. The van der Waals surface area contributed by atoms with E-state index in [1.54, 1.807) is 0 Å². The Morgan fingerprint density at radius 2 is 2.00 bits per heavy atom. The van der Waals surface area contributed by atoms with E-state index in [0.717, 1.165) is 30.6 Å². The van der Waals surface area contributed by atoms with E-state index < -0.39 is 0 Å². The Hall–Kier alpha value is -1.32. The maximum Gasteiger partial charge on any atom is 0.170 e.